The van der Waals surface area contributed by atoms with Gasteiger partial charge in [-0.2, -0.15) is 0 Å². The number of nitro groups is 1. The Bertz CT molecular complexity index is 804. The summed E-state index contributed by atoms with van der Waals surface area (Å²) in [6.07, 6.45) is 0. The molecule has 0 N–H and O–H groups in total. The maximum Gasteiger partial charge on any atom is 0.357 e. The molecule has 0 fully saturated rings. The van der Waals surface area contributed by atoms with Crippen LogP contribution < -0.4 is 0 Å². The van der Waals surface area contributed by atoms with Crippen molar-refractivity contribution in [3.05, 3.63) is 67.1 Å². The second-order valence-corrected chi connectivity index (χ2v) is 6.41. The molecule has 0 spiro atoms. The quantitative estimate of drug-likeness (QED) is 0.280. The molecule has 0 unspecified atom stereocenters. The molecule has 0 atom stereocenters. The molecule has 124 valence electrons. The van der Waals surface area contributed by atoms with Crippen molar-refractivity contribution in [1.29, 1.82) is 0 Å². The van der Waals surface area contributed by atoms with Crippen LogP contribution in [0.4, 0.5) is 11.4 Å². The van der Waals surface area contributed by atoms with Crippen molar-refractivity contribution in [3.8, 4) is 0 Å². The van der Waals surface area contributed by atoms with Gasteiger partial charge in [-0.1, -0.05) is 44.0 Å². The van der Waals surface area contributed by atoms with Gasteiger partial charge in [0, 0.05) is 20.6 Å². The van der Waals surface area contributed by atoms with Gasteiger partial charge in [-0.25, -0.2) is 9.79 Å². The Kier molecular flexibility index (Phi) is 6.22. The van der Waals surface area contributed by atoms with Gasteiger partial charge in [0.1, 0.15) is 5.69 Å². The average molecular weight is 456 g/mol. The van der Waals surface area contributed by atoms with E-state index in [1.54, 1.807) is 37.3 Å². The van der Waals surface area contributed by atoms with E-state index < -0.39 is 10.9 Å². The van der Waals surface area contributed by atoms with Crippen molar-refractivity contribution in [2.24, 2.45) is 4.99 Å². The van der Waals surface area contributed by atoms with Gasteiger partial charge in [0.25, 0.3) is 5.69 Å². The first-order chi connectivity index (χ1) is 11.4. The van der Waals surface area contributed by atoms with Crippen LogP contribution in [0.15, 0.2) is 56.4 Å². The molecular formula is C16H12Br2N2O4. The average Bonchev–Trinajstić information content (AvgIpc) is 2.54. The summed E-state index contributed by atoms with van der Waals surface area (Å²) in [6.45, 7) is 1.86. The zero-order valence-corrected chi connectivity index (χ0v) is 15.7. The van der Waals surface area contributed by atoms with E-state index in [-0.39, 0.29) is 23.7 Å². The highest BCUT2D eigenvalue weighted by Gasteiger charge is 2.20. The lowest BCUT2D eigenvalue weighted by Gasteiger charge is -2.07. The number of hydrogen-bond donors (Lipinski definition) is 0. The van der Waals surface area contributed by atoms with Crippen LogP contribution in [0.2, 0.25) is 0 Å². The van der Waals surface area contributed by atoms with Crippen LogP contribution in [0, 0.1) is 10.1 Å². The number of halogens is 2. The number of esters is 1. The molecule has 2 aromatic carbocycles. The minimum atomic E-state index is -0.642. The first-order valence-corrected chi connectivity index (χ1v) is 8.46. The Balaban J connectivity index is 2.59. The number of benzene rings is 2. The normalized spacial score (nSPS) is 11.2. The highest BCUT2D eigenvalue weighted by molar-refractivity contribution is 9.10. The van der Waals surface area contributed by atoms with E-state index in [9.17, 15) is 14.9 Å². The zero-order valence-electron chi connectivity index (χ0n) is 12.5. The van der Waals surface area contributed by atoms with Gasteiger partial charge in [0.15, 0.2) is 5.71 Å². The maximum atomic E-state index is 12.2. The molecule has 0 heterocycles. The smallest absolute Gasteiger partial charge is 0.357 e. The van der Waals surface area contributed by atoms with E-state index in [1.807, 2.05) is 0 Å². The van der Waals surface area contributed by atoms with E-state index in [1.165, 1.54) is 12.1 Å². The minimum absolute atomic E-state index is 0.00905. The highest BCUT2D eigenvalue weighted by atomic mass is 79.9. The maximum absolute atomic E-state index is 12.2. The lowest BCUT2D eigenvalue weighted by Crippen LogP contribution is -2.18. The summed E-state index contributed by atoms with van der Waals surface area (Å²) < 4.78 is 6.41. The summed E-state index contributed by atoms with van der Waals surface area (Å²) in [5, 5.41) is 11.2. The van der Waals surface area contributed by atoms with Gasteiger partial charge in [0.2, 0.25) is 0 Å². The van der Waals surface area contributed by atoms with E-state index >= 15 is 0 Å². The lowest BCUT2D eigenvalue weighted by atomic mass is 10.1. The van der Waals surface area contributed by atoms with Crippen LogP contribution in [0.25, 0.3) is 0 Å². The fourth-order valence-corrected chi connectivity index (χ4v) is 2.51. The Morgan fingerprint density at radius 3 is 2.38 bits per heavy atom. The van der Waals surface area contributed by atoms with E-state index in [4.69, 9.17) is 4.74 Å². The van der Waals surface area contributed by atoms with Gasteiger partial charge >= 0.3 is 5.97 Å². The number of nitro benzene ring substituents is 1. The first kappa shape index (κ1) is 18.3. The van der Waals surface area contributed by atoms with Crippen molar-refractivity contribution >= 4 is 54.9 Å². The van der Waals surface area contributed by atoms with Crippen molar-refractivity contribution in [2.75, 3.05) is 6.61 Å². The fourth-order valence-electron chi connectivity index (χ4n) is 1.89. The minimum Gasteiger partial charge on any atom is -0.461 e. The highest BCUT2D eigenvalue weighted by Crippen LogP contribution is 2.31. The van der Waals surface area contributed by atoms with E-state index in [0.717, 1.165) is 4.47 Å². The van der Waals surface area contributed by atoms with Crippen molar-refractivity contribution in [2.45, 2.75) is 6.92 Å². The lowest BCUT2D eigenvalue weighted by molar-refractivity contribution is -0.384. The summed E-state index contributed by atoms with van der Waals surface area (Å²) >= 11 is 6.51. The van der Waals surface area contributed by atoms with Gasteiger partial charge < -0.3 is 4.74 Å². The molecule has 0 radical (unpaired) electrons. The van der Waals surface area contributed by atoms with Crippen LogP contribution in [0.5, 0.6) is 0 Å². The molecule has 0 aliphatic rings. The molecule has 2 rings (SSSR count). The molecule has 0 bridgehead atoms. The van der Waals surface area contributed by atoms with E-state index in [0.29, 0.717) is 10.0 Å². The zero-order chi connectivity index (χ0) is 17.7. The number of nitrogens with zero attached hydrogens (tertiary/aromatic N) is 2. The van der Waals surface area contributed by atoms with Crippen LogP contribution >= 0.6 is 31.9 Å². The third-order valence-electron chi connectivity index (χ3n) is 2.95. The second-order valence-electron chi connectivity index (χ2n) is 4.58. The van der Waals surface area contributed by atoms with Crippen molar-refractivity contribution < 1.29 is 14.5 Å². The summed E-state index contributed by atoms with van der Waals surface area (Å²) in [6, 6.07) is 11.3. The summed E-state index contributed by atoms with van der Waals surface area (Å²) in [7, 11) is 0. The molecule has 0 aliphatic carbocycles. The molecule has 8 heteroatoms. The van der Waals surface area contributed by atoms with Gasteiger partial charge in [-0.15, -0.1) is 0 Å². The van der Waals surface area contributed by atoms with Crippen LogP contribution in [-0.2, 0) is 9.53 Å². The molecule has 0 aromatic heterocycles. The first-order valence-electron chi connectivity index (χ1n) is 6.88. The SMILES string of the molecule is CCOC(=O)C(=Nc1ccc(Br)cc1[N+](=O)[O-])c1ccc(Br)cc1. The fraction of sp³-hybridized carbons (Fsp3) is 0.125. The Labute approximate surface area is 155 Å². The molecule has 2 aromatic rings. The number of ether oxygens (including phenoxy) is 1. The molecule has 0 aliphatic heterocycles. The van der Waals surface area contributed by atoms with Gasteiger partial charge in [-0.3, -0.25) is 10.1 Å². The summed E-state index contributed by atoms with van der Waals surface area (Å²) in [5.41, 5.74) is 0.390. The summed E-state index contributed by atoms with van der Waals surface area (Å²) in [5.74, 6) is -0.642. The number of carbonyl (C=O) groups excluding carboxylic acids is 1. The Hall–Kier alpha value is -2.06. The standard InChI is InChI=1S/C16H12Br2N2O4/c1-2-24-16(21)15(10-3-5-11(17)6-4-10)19-13-8-7-12(18)9-14(13)20(22)23/h3-9H,2H2,1H3. The monoisotopic (exact) mass is 454 g/mol. The predicted molar refractivity (Wildman–Crippen MR) is 97.8 cm³/mol. The number of hydrogen-bond acceptors (Lipinski definition) is 5. The molecule has 0 amide bonds. The predicted octanol–water partition coefficient (Wildman–Crippen LogP) is 4.80. The summed E-state index contributed by atoms with van der Waals surface area (Å²) in [4.78, 5) is 27.1. The number of aliphatic imine (C=N–C) groups is 1. The largest absolute Gasteiger partial charge is 0.461 e. The third kappa shape index (κ3) is 4.48. The molecule has 0 saturated carbocycles. The number of rotatable bonds is 5. The topological polar surface area (TPSA) is 81.8 Å². The molecular weight excluding hydrogens is 444 g/mol. The van der Waals surface area contributed by atoms with Crippen LogP contribution in [0.1, 0.15) is 12.5 Å². The van der Waals surface area contributed by atoms with Crippen molar-refractivity contribution in [1.82, 2.24) is 0 Å². The second kappa shape index (κ2) is 8.16. The van der Waals surface area contributed by atoms with Crippen LogP contribution in [0.3, 0.4) is 0 Å². The van der Waals surface area contributed by atoms with Gasteiger partial charge in [-0.05, 0) is 31.2 Å². The van der Waals surface area contributed by atoms with Crippen molar-refractivity contribution in [3.63, 3.8) is 0 Å². The molecule has 0 saturated heterocycles. The van der Waals surface area contributed by atoms with Gasteiger partial charge in [0.05, 0.1) is 11.5 Å². The Morgan fingerprint density at radius 1 is 1.17 bits per heavy atom. The molecule has 6 nitrogen and oxygen atoms in total. The van der Waals surface area contributed by atoms with E-state index in [2.05, 4.69) is 36.9 Å². The van der Waals surface area contributed by atoms with Crippen LogP contribution in [-0.4, -0.2) is 23.2 Å². The Morgan fingerprint density at radius 2 is 1.79 bits per heavy atom. The number of carbonyl (C=O) groups is 1. The molecule has 24 heavy (non-hydrogen) atoms. The third-order valence-corrected chi connectivity index (χ3v) is 3.97.